The maximum absolute atomic E-state index is 13.9. The molecule has 13 heteroatoms. The molecule has 0 aromatic carbocycles. The summed E-state index contributed by atoms with van der Waals surface area (Å²) in [6.07, 6.45) is 0.256. The molecule has 1 N–H and O–H groups in total. The molecular formula is C24H39N3O7SSi2. The minimum atomic E-state index is -4.14. The molecule has 1 aliphatic heterocycles. The quantitative estimate of drug-likeness (QED) is 0.392. The highest BCUT2D eigenvalue weighted by molar-refractivity contribution is 7.89. The van der Waals surface area contributed by atoms with E-state index >= 15 is 0 Å². The van der Waals surface area contributed by atoms with Gasteiger partial charge in [-0.05, 0) is 50.3 Å². The third-order valence-corrected chi connectivity index (χ3v) is 11.9. The number of amides is 3. The molecular weight excluding hydrogens is 531 g/mol. The van der Waals surface area contributed by atoms with Gasteiger partial charge in [0, 0.05) is 8.07 Å². The van der Waals surface area contributed by atoms with Crippen molar-refractivity contribution in [1.29, 1.82) is 0 Å². The van der Waals surface area contributed by atoms with Crippen LogP contribution >= 0.6 is 0 Å². The maximum atomic E-state index is 13.9. The molecule has 3 amide bonds. The second kappa shape index (κ2) is 9.73. The Bertz CT molecular complexity index is 1210. The molecule has 0 saturated carbocycles. The molecule has 1 saturated heterocycles. The number of sulfonamides is 1. The number of carbonyl (C=O) groups is 3. The first kappa shape index (κ1) is 29.2. The van der Waals surface area contributed by atoms with Crippen molar-refractivity contribution in [2.45, 2.75) is 89.9 Å². The lowest BCUT2D eigenvalue weighted by Gasteiger charge is -2.34. The van der Waals surface area contributed by atoms with E-state index in [1.54, 1.807) is 26.8 Å². The highest BCUT2D eigenvalue weighted by atomic mass is 32.2. The molecule has 0 unspecified atom stereocenters. The van der Waals surface area contributed by atoms with Gasteiger partial charge in [0.1, 0.15) is 23.4 Å². The molecule has 0 spiro atoms. The standard InChI is InChI=1S/C24H39N3O7SSi2/c1-24(2,3)34-23(30)26-20-17(11-12-18(20)33-22(26)29)27(35(31,32)14-15-36(4,5)6)21(28)16-10-13-19(25-16)37(7,8)9/h10-13,17-18,20,25H,14-15H2,1-9H3/t17-,18-,20+/m1/s1. The Morgan fingerprint density at radius 1 is 1.11 bits per heavy atom. The third kappa shape index (κ3) is 6.55. The molecule has 1 fully saturated rings. The van der Waals surface area contributed by atoms with Gasteiger partial charge in [-0.3, -0.25) is 4.79 Å². The number of rotatable bonds is 7. The fraction of sp³-hybridized carbons (Fsp3) is 0.625. The minimum Gasteiger partial charge on any atom is -0.443 e. The number of fused-ring (bicyclic) bond motifs is 1. The SMILES string of the molecule is CC(C)(C)OC(=O)N1C(=O)O[C@@H]2C=C[C@@H](N(C(=O)c3ccc([Si](C)(C)C)[nH]3)S(=O)(=O)CC[Si](C)(C)C)[C@@H]21. The molecule has 0 radical (unpaired) electrons. The van der Waals surface area contributed by atoms with Crippen LogP contribution < -0.4 is 5.32 Å². The van der Waals surface area contributed by atoms with Gasteiger partial charge in [-0.15, -0.1) is 0 Å². The van der Waals surface area contributed by atoms with Gasteiger partial charge >= 0.3 is 12.2 Å². The van der Waals surface area contributed by atoms with Gasteiger partial charge in [-0.1, -0.05) is 45.4 Å². The first-order valence-electron chi connectivity index (χ1n) is 12.4. The summed E-state index contributed by atoms with van der Waals surface area (Å²) in [5, 5.41) is 0.907. The summed E-state index contributed by atoms with van der Waals surface area (Å²) in [6.45, 7) is 17.5. The summed E-state index contributed by atoms with van der Waals surface area (Å²) in [4.78, 5) is 43.4. The number of nitrogens with one attached hydrogen (secondary N) is 1. The summed E-state index contributed by atoms with van der Waals surface area (Å²) in [5.74, 6) is -0.960. The van der Waals surface area contributed by atoms with Crippen LogP contribution in [0.1, 0.15) is 31.3 Å². The van der Waals surface area contributed by atoms with Crippen molar-refractivity contribution in [1.82, 2.24) is 14.2 Å². The van der Waals surface area contributed by atoms with Gasteiger partial charge in [0.05, 0.1) is 19.9 Å². The summed E-state index contributed by atoms with van der Waals surface area (Å²) in [5.41, 5.74) is -0.757. The minimum absolute atomic E-state index is 0.139. The van der Waals surface area contributed by atoms with Crippen molar-refractivity contribution in [3.05, 3.63) is 30.0 Å². The van der Waals surface area contributed by atoms with Crippen LogP contribution in [0.5, 0.6) is 0 Å². The Kier molecular flexibility index (Phi) is 7.67. The molecule has 2 heterocycles. The van der Waals surface area contributed by atoms with Gasteiger partial charge in [0.15, 0.2) is 0 Å². The number of carbonyl (C=O) groups excluding carboxylic acids is 3. The number of ether oxygens (including phenoxy) is 2. The number of nitrogens with zero attached hydrogens (tertiary/aromatic N) is 2. The molecule has 3 rings (SSSR count). The van der Waals surface area contributed by atoms with Crippen molar-refractivity contribution < 1.29 is 32.3 Å². The molecule has 1 aromatic rings. The summed E-state index contributed by atoms with van der Waals surface area (Å²) < 4.78 is 39.1. The van der Waals surface area contributed by atoms with E-state index in [2.05, 4.69) is 44.3 Å². The largest absolute Gasteiger partial charge is 0.443 e. The van der Waals surface area contributed by atoms with E-state index < -0.39 is 68.1 Å². The second-order valence-electron chi connectivity index (χ2n) is 12.8. The summed E-state index contributed by atoms with van der Waals surface area (Å²) >= 11 is 0. The lowest BCUT2D eigenvalue weighted by atomic mass is 10.1. The molecule has 10 nitrogen and oxygen atoms in total. The Hall–Kier alpha value is -2.39. The van der Waals surface area contributed by atoms with E-state index in [-0.39, 0.29) is 11.4 Å². The van der Waals surface area contributed by atoms with E-state index in [9.17, 15) is 22.8 Å². The van der Waals surface area contributed by atoms with Gasteiger partial charge in [-0.25, -0.2) is 27.2 Å². The first-order valence-corrected chi connectivity index (χ1v) is 21.2. The highest BCUT2D eigenvalue weighted by Gasteiger charge is 2.56. The lowest BCUT2D eigenvalue weighted by molar-refractivity contribution is 0.0257. The van der Waals surface area contributed by atoms with Crippen LogP contribution in [0.4, 0.5) is 9.59 Å². The zero-order valence-electron chi connectivity index (χ0n) is 23.1. The molecule has 2 aliphatic rings. The summed E-state index contributed by atoms with van der Waals surface area (Å²) in [7, 11) is -7.73. The number of hydrogen-bond acceptors (Lipinski definition) is 7. The van der Waals surface area contributed by atoms with Gasteiger partial charge in [-0.2, -0.15) is 0 Å². The van der Waals surface area contributed by atoms with Gasteiger partial charge in [0.2, 0.25) is 10.0 Å². The Balaban J connectivity index is 2.06. The van der Waals surface area contributed by atoms with E-state index in [0.717, 1.165) is 14.5 Å². The van der Waals surface area contributed by atoms with Gasteiger partial charge < -0.3 is 14.5 Å². The number of aromatic amines is 1. The van der Waals surface area contributed by atoms with Crippen molar-refractivity contribution in [2.24, 2.45) is 0 Å². The van der Waals surface area contributed by atoms with Gasteiger partial charge in [0.25, 0.3) is 5.91 Å². The monoisotopic (exact) mass is 569 g/mol. The van der Waals surface area contributed by atoms with Crippen molar-refractivity contribution in [3.63, 3.8) is 0 Å². The molecule has 3 atom stereocenters. The summed E-state index contributed by atoms with van der Waals surface area (Å²) in [6, 6.07) is 1.64. The van der Waals surface area contributed by atoms with E-state index in [0.29, 0.717) is 6.04 Å². The molecule has 0 bridgehead atoms. The number of H-pyrrole nitrogens is 1. The highest BCUT2D eigenvalue weighted by Crippen LogP contribution is 2.35. The van der Waals surface area contributed by atoms with Crippen LogP contribution in [-0.4, -0.2) is 86.4 Å². The molecule has 206 valence electrons. The van der Waals surface area contributed by atoms with Crippen LogP contribution in [0.3, 0.4) is 0 Å². The van der Waals surface area contributed by atoms with Crippen LogP contribution in [0.25, 0.3) is 0 Å². The molecule has 1 aliphatic carbocycles. The molecule has 1 aromatic heterocycles. The second-order valence-corrected chi connectivity index (χ2v) is 25.5. The third-order valence-electron chi connectivity index (χ3n) is 6.11. The number of aromatic nitrogens is 1. The Morgan fingerprint density at radius 2 is 1.73 bits per heavy atom. The average Bonchev–Trinajstić information content (AvgIpc) is 3.40. The maximum Gasteiger partial charge on any atom is 0.420 e. The van der Waals surface area contributed by atoms with E-state index in [4.69, 9.17) is 9.47 Å². The number of hydrogen-bond donors (Lipinski definition) is 1. The van der Waals surface area contributed by atoms with E-state index in [1.165, 1.54) is 12.2 Å². The lowest BCUT2D eigenvalue weighted by Crippen LogP contribution is -2.56. The normalized spacial score (nSPS) is 22.1. The van der Waals surface area contributed by atoms with Crippen LogP contribution in [0.2, 0.25) is 45.3 Å². The predicted molar refractivity (Wildman–Crippen MR) is 147 cm³/mol. The average molecular weight is 570 g/mol. The van der Waals surface area contributed by atoms with Crippen molar-refractivity contribution in [3.8, 4) is 0 Å². The van der Waals surface area contributed by atoms with Crippen LogP contribution in [-0.2, 0) is 19.5 Å². The zero-order chi connectivity index (χ0) is 28.1. The van der Waals surface area contributed by atoms with Crippen LogP contribution in [0, 0.1) is 0 Å². The fourth-order valence-corrected chi connectivity index (χ4v) is 9.82. The zero-order valence-corrected chi connectivity index (χ0v) is 25.9. The predicted octanol–water partition coefficient (Wildman–Crippen LogP) is 3.73. The fourth-order valence-electron chi connectivity index (χ4n) is 4.13. The number of imide groups is 1. The van der Waals surface area contributed by atoms with Crippen LogP contribution in [0.15, 0.2) is 24.3 Å². The van der Waals surface area contributed by atoms with E-state index in [1.807, 2.05) is 6.07 Å². The van der Waals surface area contributed by atoms with Crippen molar-refractivity contribution >= 4 is 49.6 Å². The Morgan fingerprint density at radius 3 is 2.24 bits per heavy atom. The molecule has 37 heavy (non-hydrogen) atoms. The van der Waals surface area contributed by atoms with Crippen molar-refractivity contribution in [2.75, 3.05) is 5.75 Å². The smallest absolute Gasteiger partial charge is 0.420 e. The topological polar surface area (TPSA) is 126 Å². The first-order chi connectivity index (χ1) is 16.7. The Labute approximate surface area is 221 Å².